The van der Waals surface area contributed by atoms with Gasteiger partial charge < -0.3 is 18.8 Å². The minimum atomic E-state index is 0.104. The number of hydrogen-bond donors (Lipinski definition) is 0. The van der Waals surface area contributed by atoms with E-state index in [1.54, 1.807) is 0 Å². The number of amides is 1. The van der Waals surface area contributed by atoms with Gasteiger partial charge in [-0.25, -0.2) is 0 Å². The van der Waals surface area contributed by atoms with E-state index in [2.05, 4.69) is 0 Å². The molecule has 1 saturated carbocycles. The molecule has 4 rings (SSSR count). The molecular formula is C20H29NO4. The number of hydrogen-bond acceptors (Lipinski definition) is 4. The molecule has 1 spiro atoms. The van der Waals surface area contributed by atoms with Crippen LogP contribution in [0.25, 0.3) is 0 Å². The largest absolute Gasteiger partial charge is 0.466 e. The summed E-state index contributed by atoms with van der Waals surface area (Å²) in [6.07, 6.45) is 6.01. The summed E-state index contributed by atoms with van der Waals surface area (Å²) in [5.41, 5.74) is 0.952. The molecule has 1 aromatic rings. The van der Waals surface area contributed by atoms with Gasteiger partial charge in [-0.05, 0) is 63.4 Å². The van der Waals surface area contributed by atoms with Gasteiger partial charge in [0.2, 0.25) is 0 Å². The molecule has 1 unspecified atom stereocenters. The maximum Gasteiger partial charge on any atom is 0.257 e. The van der Waals surface area contributed by atoms with E-state index < -0.39 is 0 Å². The summed E-state index contributed by atoms with van der Waals surface area (Å²) < 4.78 is 17.3. The van der Waals surface area contributed by atoms with Crippen molar-refractivity contribution in [2.75, 3.05) is 32.9 Å². The summed E-state index contributed by atoms with van der Waals surface area (Å²) in [7, 11) is 0. The van der Waals surface area contributed by atoms with Crippen LogP contribution >= 0.6 is 0 Å². The SMILES string of the molecule is Cc1cc(C(=O)N2CCC3(CC2)COC(COCC2CC2)C3)c(C)o1. The Hall–Kier alpha value is -1.33. The first-order valence-electron chi connectivity index (χ1n) is 9.60. The van der Waals surface area contributed by atoms with Crippen LogP contribution < -0.4 is 0 Å². The highest BCUT2D eigenvalue weighted by Gasteiger charge is 2.43. The zero-order chi connectivity index (χ0) is 17.4. The second-order valence-corrected chi connectivity index (χ2v) is 8.24. The van der Waals surface area contributed by atoms with E-state index in [-0.39, 0.29) is 17.4 Å². The van der Waals surface area contributed by atoms with Crippen molar-refractivity contribution in [3.63, 3.8) is 0 Å². The number of piperidine rings is 1. The van der Waals surface area contributed by atoms with Gasteiger partial charge in [-0.1, -0.05) is 0 Å². The van der Waals surface area contributed by atoms with Gasteiger partial charge in [0.05, 0.1) is 24.9 Å². The zero-order valence-corrected chi connectivity index (χ0v) is 15.4. The number of rotatable bonds is 5. The van der Waals surface area contributed by atoms with Crippen LogP contribution in [0.15, 0.2) is 10.5 Å². The van der Waals surface area contributed by atoms with Crippen molar-refractivity contribution in [1.29, 1.82) is 0 Å². The first-order valence-corrected chi connectivity index (χ1v) is 9.60. The normalized spacial score (nSPS) is 25.7. The quantitative estimate of drug-likeness (QED) is 0.820. The van der Waals surface area contributed by atoms with Gasteiger partial charge >= 0.3 is 0 Å². The summed E-state index contributed by atoms with van der Waals surface area (Å²) in [6.45, 7) is 7.81. The fourth-order valence-electron chi connectivity index (χ4n) is 4.20. The highest BCUT2D eigenvalue weighted by molar-refractivity contribution is 5.95. The van der Waals surface area contributed by atoms with Crippen LogP contribution in [0.4, 0.5) is 0 Å². The molecule has 0 radical (unpaired) electrons. The lowest BCUT2D eigenvalue weighted by molar-refractivity contribution is 0.00938. The van der Waals surface area contributed by atoms with Crippen LogP contribution in [0.2, 0.25) is 0 Å². The number of carbonyl (C=O) groups excluding carboxylic acids is 1. The number of nitrogens with zero attached hydrogens (tertiary/aromatic N) is 1. The smallest absolute Gasteiger partial charge is 0.257 e. The molecule has 5 heteroatoms. The molecule has 138 valence electrons. The average Bonchev–Trinajstić information content (AvgIpc) is 3.25. The standard InChI is InChI=1S/C20H29NO4/c1-14-9-18(15(2)25-14)19(22)21-7-5-20(6-8-21)10-17(24-13-20)12-23-11-16-3-4-16/h9,16-17H,3-8,10-13H2,1-2H3. The molecule has 0 bridgehead atoms. The summed E-state index contributed by atoms with van der Waals surface area (Å²) in [6, 6.07) is 1.86. The molecular weight excluding hydrogens is 318 g/mol. The molecule has 0 aromatic carbocycles. The number of carbonyl (C=O) groups is 1. The van der Waals surface area contributed by atoms with E-state index in [1.807, 2.05) is 24.8 Å². The van der Waals surface area contributed by atoms with Crippen LogP contribution in [-0.4, -0.2) is 49.8 Å². The number of aryl methyl sites for hydroxylation is 2. The topological polar surface area (TPSA) is 51.9 Å². The molecule has 1 amide bonds. The molecule has 1 atom stereocenters. The summed E-state index contributed by atoms with van der Waals surface area (Å²) in [5, 5.41) is 0. The van der Waals surface area contributed by atoms with Crippen molar-refractivity contribution in [2.45, 2.75) is 52.1 Å². The van der Waals surface area contributed by atoms with Gasteiger partial charge in [0.15, 0.2) is 0 Å². The van der Waals surface area contributed by atoms with E-state index in [1.165, 1.54) is 12.8 Å². The Labute approximate surface area is 149 Å². The molecule has 1 aliphatic carbocycles. The first-order chi connectivity index (χ1) is 12.0. The van der Waals surface area contributed by atoms with Gasteiger partial charge in [0.1, 0.15) is 11.5 Å². The van der Waals surface area contributed by atoms with Crippen molar-refractivity contribution >= 4 is 5.91 Å². The third-order valence-corrected chi connectivity index (χ3v) is 6.02. The molecule has 3 aliphatic rings. The third-order valence-electron chi connectivity index (χ3n) is 6.02. The second kappa shape index (κ2) is 6.76. The highest BCUT2D eigenvalue weighted by atomic mass is 16.5. The molecule has 3 heterocycles. The van der Waals surface area contributed by atoms with Gasteiger partial charge in [0, 0.05) is 19.7 Å². The summed E-state index contributed by atoms with van der Waals surface area (Å²) in [4.78, 5) is 14.7. The van der Waals surface area contributed by atoms with Crippen LogP contribution in [0.3, 0.4) is 0 Å². The van der Waals surface area contributed by atoms with Crippen LogP contribution in [0.1, 0.15) is 54.0 Å². The lowest BCUT2D eigenvalue weighted by Crippen LogP contribution is -2.43. The number of ether oxygens (including phenoxy) is 2. The minimum absolute atomic E-state index is 0.104. The summed E-state index contributed by atoms with van der Waals surface area (Å²) >= 11 is 0. The van der Waals surface area contributed by atoms with E-state index in [4.69, 9.17) is 13.9 Å². The van der Waals surface area contributed by atoms with Crippen molar-refractivity contribution in [3.05, 3.63) is 23.2 Å². The zero-order valence-electron chi connectivity index (χ0n) is 15.4. The average molecular weight is 347 g/mol. The first kappa shape index (κ1) is 17.1. The van der Waals surface area contributed by atoms with Gasteiger partial charge in [-0.2, -0.15) is 0 Å². The van der Waals surface area contributed by atoms with E-state index in [0.29, 0.717) is 5.56 Å². The van der Waals surface area contributed by atoms with Crippen molar-refractivity contribution < 1.29 is 18.7 Å². The van der Waals surface area contributed by atoms with E-state index in [0.717, 1.165) is 69.6 Å². The van der Waals surface area contributed by atoms with Gasteiger partial charge in [0.25, 0.3) is 5.91 Å². The lowest BCUT2D eigenvalue weighted by atomic mass is 9.76. The highest BCUT2D eigenvalue weighted by Crippen LogP contribution is 2.42. The molecule has 0 N–H and O–H groups in total. The maximum absolute atomic E-state index is 12.7. The Bertz CT molecular complexity index is 626. The monoisotopic (exact) mass is 347 g/mol. The number of likely N-dealkylation sites (tertiary alicyclic amines) is 1. The molecule has 2 saturated heterocycles. The predicted octanol–water partition coefficient (Wildman–Crippen LogP) is 3.33. The summed E-state index contributed by atoms with van der Waals surface area (Å²) in [5.74, 6) is 2.43. The van der Waals surface area contributed by atoms with Gasteiger partial charge in [-0.3, -0.25) is 4.79 Å². The molecule has 3 fully saturated rings. The Morgan fingerprint density at radius 1 is 1.28 bits per heavy atom. The molecule has 2 aliphatic heterocycles. The second-order valence-electron chi connectivity index (χ2n) is 8.24. The van der Waals surface area contributed by atoms with E-state index in [9.17, 15) is 4.79 Å². The Kier molecular flexibility index (Phi) is 4.63. The Balaban J connectivity index is 1.27. The van der Waals surface area contributed by atoms with Crippen LogP contribution in [-0.2, 0) is 9.47 Å². The van der Waals surface area contributed by atoms with Gasteiger partial charge in [-0.15, -0.1) is 0 Å². The van der Waals surface area contributed by atoms with Crippen molar-refractivity contribution in [1.82, 2.24) is 4.90 Å². The fourth-order valence-corrected chi connectivity index (χ4v) is 4.20. The lowest BCUT2D eigenvalue weighted by Gasteiger charge is -2.38. The molecule has 1 aromatic heterocycles. The fraction of sp³-hybridized carbons (Fsp3) is 0.750. The number of furan rings is 1. The predicted molar refractivity (Wildman–Crippen MR) is 93.7 cm³/mol. The van der Waals surface area contributed by atoms with Crippen LogP contribution in [0, 0.1) is 25.2 Å². The minimum Gasteiger partial charge on any atom is -0.466 e. The van der Waals surface area contributed by atoms with Crippen LogP contribution in [0.5, 0.6) is 0 Å². The Morgan fingerprint density at radius 2 is 2.04 bits per heavy atom. The molecule has 25 heavy (non-hydrogen) atoms. The maximum atomic E-state index is 12.7. The van der Waals surface area contributed by atoms with E-state index >= 15 is 0 Å². The molecule has 5 nitrogen and oxygen atoms in total. The third kappa shape index (κ3) is 3.77. The Morgan fingerprint density at radius 3 is 2.68 bits per heavy atom. The van der Waals surface area contributed by atoms with Crippen molar-refractivity contribution in [2.24, 2.45) is 11.3 Å². The van der Waals surface area contributed by atoms with Crippen molar-refractivity contribution in [3.8, 4) is 0 Å².